The van der Waals surface area contributed by atoms with Gasteiger partial charge in [0.25, 0.3) is 0 Å². The Morgan fingerprint density at radius 1 is 1.19 bits per heavy atom. The molecule has 0 aromatic carbocycles. The quantitative estimate of drug-likeness (QED) is 0.203. The van der Waals surface area contributed by atoms with E-state index in [2.05, 4.69) is 53.4 Å². The van der Waals surface area contributed by atoms with E-state index in [4.69, 9.17) is 4.99 Å². The maximum atomic E-state index is 4.72. The zero-order chi connectivity index (χ0) is 19.4. The van der Waals surface area contributed by atoms with Crippen LogP contribution in [0.25, 0.3) is 0 Å². The van der Waals surface area contributed by atoms with Gasteiger partial charge in [-0.25, -0.2) is 4.99 Å². The summed E-state index contributed by atoms with van der Waals surface area (Å²) >= 11 is 0. The Morgan fingerprint density at radius 3 is 2.44 bits per heavy atom. The minimum absolute atomic E-state index is 0. The van der Waals surface area contributed by atoms with E-state index in [-0.39, 0.29) is 24.0 Å². The van der Waals surface area contributed by atoms with Gasteiger partial charge in [0.1, 0.15) is 12.4 Å². The second-order valence-corrected chi connectivity index (χ2v) is 6.88. The molecule has 0 radical (unpaired) electrons. The van der Waals surface area contributed by atoms with Crippen molar-refractivity contribution < 1.29 is 0 Å². The third-order valence-electron chi connectivity index (χ3n) is 4.77. The van der Waals surface area contributed by atoms with Crippen molar-refractivity contribution in [3.63, 3.8) is 0 Å². The molecule has 8 heteroatoms. The van der Waals surface area contributed by atoms with E-state index in [1.807, 2.05) is 18.5 Å². The van der Waals surface area contributed by atoms with Gasteiger partial charge in [0.05, 0.1) is 0 Å². The number of guanidine groups is 1. The Hall–Kier alpha value is -0.900. The molecule has 1 aromatic heterocycles. The van der Waals surface area contributed by atoms with Crippen molar-refractivity contribution in [2.75, 3.05) is 26.2 Å². The first-order valence-corrected chi connectivity index (χ1v) is 10.1. The first-order valence-electron chi connectivity index (χ1n) is 10.1. The average Bonchev–Trinajstić information content (AvgIpc) is 2.95. The summed E-state index contributed by atoms with van der Waals surface area (Å²) in [5.74, 6) is 2.66. The fourth-order valence-electron chi connectivity index (χ4n) is 2.74. The van der Waals surface area contributed by atoms with Gasteiger partial charge in [-0.1, -0.05) is 27.2 Å². The molecule has 0 saturated heterocycles. The van der Waals surface area contributed by atoms with Gasteiger partial charge in [-0.15, -0.1) is 34.2 Å². The number of aromatic nitrogens is 3. The fourth-order valence-corrected chi connectivity index (χ4v) is 2.74. The zero-order valence-electron chi connectivity index (χ0n) is 18.1. The van der Waals surface area contributed by atoms with Crippen LogP contribution in [0.5, 0.6) is 0 Å². The normalized spacial score (nSPS) is 12.8. The molecule has 1 unspecified atom stereocenters. The molecule has 2 N–H and O–H groups in total. The van der Waals surface area contributed by atoms with E-state index in [9.17, 15) is 0 Å². The van der Waals surface area contributed by atoms with Gasteiger partial charge < -0.3 is 20.1 Å². The minimum atomic E-state index is 0. The Kier molecular flexibility index (Phi) is 14.6. The predicted molar refractivity (Wildman–Crippen MR) is 125 cm³/mol. The van der Waals surface area contributed by atoms with Crippen LogP contribution in [0, 0.1) is 6.92 Å². The molecule has 0 aliphatic rings. The van der Waals surface area contributed by atoms with Gasteiger partial charge in [-0.2, -0.15) is 0 Å². The van der Waals surface area contributed by atoms with Gasteiger partial charge in [0, 0.05) is 19.6 Å². The summed E-state index contributed by atoms with van der Waals surface area (Å²) in [6.45, 7) is 15.7. The van der Waals surface area contributed by atoms with Gasteiger partial charge in [-0.05, 0) is 52.7 Å². The highest BCUT2D eigenvalue weighted by atomic mass is 127. The van der Waals surface area contributed by atoms with Crippen LogP contribution in [0.15, 0.2) is 4.99 Å². The molecule has 0 spiro atoms. The van der Waals surface area contributed by atoms with Gasteiger partial charge in [0.2, 0.25) is 0 Å². The second-order valence-electron chi connectivity index (χ2n) is 6.88. The smallest absolute Gasteiger partial charge is 0.191 e. The van der Waals surface area contributed by atoms with Crippen molar-refractivity contribution in [1.29, 1.82) is 0 Å². The highest BCUT2D eigenvalue weighted by Gasteiger charge is 2.08. The second kappa shape index (κ2) is 15.1. The molecular formula is C19H40IN7. The summed E-state index contributed by atoms with van der Waals surface area (Å²) in [5.41, 5.74) is 0. The molecular weight excluding hydrogens is 453 g/mol. The fraction of sp³-hybridized carbons (Fsp3) is 0.842. The zero-order valence-corrected chi connectivity index (χ0v) is 20.4. The first-order chi connectivity index (χ1) is 12.5. The number of halogens is 1. The van der Waals surface area contributed by atoms with E-state index < -0.39 is 0 Å². The van der Waals surface area contributed by atoms with Crippen LogP contribution >= 0.6 is 24.0 Å². The molecule has 0 amide bonds. The standard InChI is InChI=1S/C19H39N7.HI/c1-7-10-13-20-19(21-15-18-24-23-17(5)25(18)6)22-16(4)12-11-14-26(8-2)9-3;/h16H,7-15H2,1-6H3,(H2,20,21,22);1H. The van der Waals surface area contributed by atoms with Crippen LogP contribution in [-0.4, -0.2) is 57.8 Å². The van der Waals surface area contributed by atoms with Crippen LogP contribution in [0.4, 0.5) is 0 Å². The SMILES string of the molecule is CCCCNC(=NCc1nnc(C)n1C)NC(C)CCCN(CC)CC.I. The third kappa shape index (κ3) is 10.3. The molecule has 0 aliphatic heterocycles. The van der Waals surface area contributed by atoms with Crippen LogP contribution in [-0.2, 0) is 13.6 Å². The largest absolute Gasteiger partial charge is 0.356 e. The first kappa shape index (κ1) is 26.1. The van der Waals surface area contributed by atoms with Crippen molar-refractivity contribution in [1.82, 2.24) is 30.3 Å². The molecule has 27 heavy (non-hydrogen) atoms. The lowest BCUT2D eigenvalue weighted by Gasteiger charge is -2.21. The summed E-state index contributed by atoms with van der Waals surface area (Å²) in [7, 11) is 1.98. The molecule has 1 atom stereocenters. The van der Waals surface area contributed by atoms with Crippen molar-refractivity contribution in [2.24, 2.45) is 12.0 Å². The molecule has 0 aliphatic carbocycles. The molecule has 1 rings (SSSR count). The number of aryl methyl sites for hydroxylation is 1. The lowest BCUT2D eigenvalue weighted by Crippen LogP contribution is -2.43. The Balaban J connectivity index is 0.00000676. The predicted octanol–water partition coefficient (Wildman–Crippen LogP) is 3.09. The molecule has 0 bridgehead atoms. The summed E-state index contributed by atoms with van der Waals surface area (Å²) in [6, 6.07) is 0.389. The van der Waals surface area contributed by atoms with Crippen molar-refractivity contribution in [3.05, 3.63) is 11.6 Å². The lowest BCUT2D eigenvalue weighted by molar-refractivity contribution is 0.292. The topological polar surface area (TPSA) is 70.4 Å². The monoisotopic (exact) mass is 493 g/mol. The van der Waals surface area contributed by atoms with Gasteiger partial charge in [-0.3, -0.25) is 0 Å². The summed E-state index contributed by atoms with van der Waals surface area (Å²) in [5, 5.41) is 15.3. The minimum Gasteiger partial charge on any atom is -0.356 e. The number of unbranched alkanes of at least 4 members (excludes halogenated alkanes) is 1. The highest BCUT2D eigenvalue weighted by molar-refractivity contribution is 14.0. The van der Waals surface area contributed by atoms with Crippen molar-refractivity contribution in [3.8, 4) is 0 Å². The third-order valence-corrected chi connectivity index (χ3v) is 4.77. The number of hydrogen-bond acceptors (Lipinski definition) is 4. The summed E-state index contributed by atoms with van der Waals surface area (Å²) < 4.78 is 1.99. The number of nitrogens with zero attached hydrogens (tertiary/aromatic N) is 5. The van der Waals surface area contributed by atoms with E-state index in [1.165, 1.54) is 12.8 Å². The highest BCUT2D eigenvalue weighted by Crippen LogP contribution is 2.02. The van der Waals surface area contributed by atoms with Crippen molar-refractivity contribution >= 4 is 29.9 Å². The maximum Gasteiger partial charge on any atom is 0.191 e. The van der Waals surface area contributed by atoms with E-state index >= 15 is 0 Å². The average molecular weight is 493 g/mol. The van der Waals surface area contributed by atoms with Crippen LogP contribution in [0.3, 0.4) is 0 Å². The Labute approximate surface area is 182 Å². The van der Waals surface area contributed by atoms with Crippen LogP contribution < -0.4 is 10.6 Å². The van der Waals surface area contributed by atoms with Crippen LogP contribution in [0.1, 0.15) is 65.0 Å². The summed E-state index contributed by atoms with van der Waals surface area (Å²) in [6.07, 6.45) is 4.64. The molecule has 1 heterocycles. The van der Waals surface area contributed by atoms with E-state index in [1.54, 1.807) is 0 Å². The molecule has 158 valence electrons. The molecule has 0 saturated carbocycles. The number of aliphatic imine (C=N–C) groups is 1. The Morgan fingerprint density at radius 2 is 1.89 bits per heavy atom. The van der Waals surface area contributed by atoms with E-state index in [0.29, 0.717) is 12.6 Å². The summed E-state index contributed by atoms with van der Waals surface area (Å²) in [4.78, 5) is 7.19. The maximum absolute atomic E-state index is 4.72. The van der Waals surface area contributed by atoms with E-state index in [0.717, 1.165) is 56.6 Å². The number of nitrogens with one attached hydrogen (secondary N) is 2. The van der Waals surface area contributed by atoms with Gasteiger partial charge >= 0.3 is 0 Å². The molecule has 0 fully saturated rings. The Bertz CT molecular complexity index is 526. The van der Waals surface area contributed by atoms with Gasteiger partial charge in [0.15, 0.2) is 11.8 Å². The molecule has 1 aromatic rings. The molecule has 7 nitrogen and oxygen atoms in total. The number of rotatable bonds is 12. The lowest BCUT2D eigenvalue weighted by atomic mass is 10.2. The van der Waals surface area contributed by atoms with Crippen LogP contribution in [0.2, 0.25) is 0 Å². The van der Waals surface area contributed by atoms with Crippen molar-refractivity contribution in [2.45, 2.75) is 72.9 Å². The number of hydrogen-bond donors (Lipinski definition) is 2.